The van der Waals surface area contributed by atoms with Crippen LogP contribution in [0.5, 0.6) is 0 Å². The lowest BCUT2D eigenvalue weighted by atomic mass is 9.93. The summed E-state index contributed by atoms with van der Waals surface area (Å²) in [5.74, 6) is 0. The summed E-state index contributed by atoms with van der Waals surface area (Å²) in [6.07, 6.45) is 1.40. The van der Waals surface area contributed by atoms with Crippen LogP contribution in [0.15, 0.2) is 144 Å². The molecule has 0 radical (unpaired) electrons. The second kappa shape index (κ2) is 9.59. The highest BCUT2D eigenvalue weighted by atomic mass is 16.3. The summed E-state index contributed by atoms with van der Waals surface area (Å²) in [7, 11) is 0. The van der Waals surface area contributed by atoms with Crippen molar-refractivity contribution in [3.63, 3.8) is 0 Å². The van der Waals surface area contributed by atoms with Gasteiger partial charge in [-0.15, -0.1) is 0 Å². The fraction of sp³-hybridized carbons (Fsp3) is 0. The van der Waals surface area contributed by atoms with Crippen molar-refractivity contribution in [1.82, 2.24) is 0 Å². The summed E-state index contributed by atoms with van der Waals surface area (Å²) in [6.45, 7) is 0. The molecule has 0 saturated heterocycles. The van der Waals surface area contributed by atoms with Gasteiger partial charge in [-0.25, -0.2) is 0 Å². The Balaban J connectivity index is 1.25. The average Bonchev–Trinajstić information content (AvgIpc) is 3.40. The van der Waals surface area contributed by atoms with E-state index >= 15 is 0 Å². The van der Waals surface area contributed by atoms with Crippen LogP contribution in [0.25, 0.3) is 66.4 Å². The molecule has 0 amide bonds. The van der Waals surface area contributed by atoms with Crippen molar-refractivity contribution in [1.29, 1.82) is 5.41 Å². The largest absolute Gasteiger partial charge is 0.456 e. The summed E-state index contributed by atoms with van der Waals surface area (Å²) >= 11 is 0. The molecule has 0 unspecified atom stereocenters. The number of benzene rings is 6. The van der Waals surface area contributed by atoms with Gasteiger partial charge in [0.2, 0.25) is 0 Å². The second-order valence-corrected chi connectivity index (χ2v) is 9.75. The van der Waals surface area contributed by atoms with Gasteiger partial charge in [0.1, 0.15) is 11.2 Å². The number of hydrogen-bond acceptors (Lipinski definition) is 2. The molecule has 0 bridgehead atoms. The summed E-state index contributed by atoms with van der Waals surface area (Å²) in [6, 6.07) is 48.8. The monoisotopic (exact) mass is 499 g/mol. The van der Waals surface area contributed by atoms with Crippen LogP contribution in [0.3, 0.4) is 0 Å². The minimum absolute atomic E-state index is 0.811. The summed E-state index contributed by atoms with van der Waals surface area (Å²) in [5, 5.41) is 9.87. The molecule has 0 aliphatic rings. The molecule has 7 rings (SSSR count). The molecule has 6 aromatic carbocycles. The number of fused-ring (bicyclic) bond motifs is 3. The molecular formula is C37H25NO. The van der Waals surface area contributed by atoms with E-state index in [-0.39, 0.29) is 0 Å². The molecular weight excluding hydrogens is 474 g/mol. The highest BCUT2D eigenvalue weighted by Gasteiger charge is 2.12. The van der Waals surface area contributed by atoms with Crippen LogP contribution in [0.1, 0.15) is 5.56 Å². The van der Waals surface area contributed by atoms with Gasteiger partial charge in [0.15, 0.2) is 0 Å². The van der Waals surface area contributed by atoms with Gasteiger partial charge in [0.05, 0.1) is 0 Å². The van der Waals surface area contributed by atoms with Gasteiger partial charge in [-0.1, -0.05) is 115 Å². The van der Waals surface area contributed by atoms with Gasteiger partial charge in [0.25, 0.3) is 0 Å². The summed E-state index contributed by atoms with van der Waals surface area (Å²) in [5.41, 5.74) is 12.0. The van der Waals surface area contributed by atoms with E-state index in [4.69, 9.17) is 9.83 Å². The first-order valence-corrected chi connectivity index (χ1v) is 13.1. The van der Waals surface area contributed by atoms with Crippen molar-refractivity contribution < 1.29 is 4.42 Å². The van der Waals surface area contributed by atoms with E-state index in [2.05, 4.69) is 115 Å². The van der Waals surface area contributed by atoms with E-state index in [0.29, 0.717) is 0 Å². The van der Waals surface area contributed by atoms with Crippen molar-refractivity contribution in [2.45, 2.75) is 0 Å². The number of rotatable bonds is 5. The van der Waals surface area contributed by atoms with E-state index in [1.165, 1.54) is 39.6 Å². The molecule has 0 fully saturated rings. The van der Waals surface area contributed by atoms with Gasteiger partial charge in [-0.3, -0.25) is 0 Å². The van der Waals surface area contributed by atoms with Crippen molar-refractivity contribution in [3.8, 4) is 44.5 Å². The smallest absolute Gasteiger partial charge is 0.136 e. The molecule has 0 spiro atoms. The highest BCUT2D eigenvalue weighted by molar-refractivity contribution is 6.13. The van der Waals surface area contributed by atoms with E-state index in [1.807, 2.05) is 24.3 Å². The highest BCUT2D eigenvalue weighted by Crippen LogP contribution is 2.36. The zero-order valence-corrected chi connectivity index (χ0v) is 21.3. The van der Waals surface area contributed by atoms with Crippen molar-refractivity contribution in [2.24, 2.45) is 0 Å². The zero-order valence-electron chi connectivity index (χ0n) is 21.3. The normalized spacial score (nSPS) is 11.2. The molecule has 0 aliphatic carbocycles. The first kappa shape index (κ1) is 22.9. The van der Waals surface area contributed by atoms with Gasteiger partial charge < -0.3 is 9.83 Å². The SMILES string of the molecule is N=Cc1cccc2oc3ccc(-c4cccc(-c5ccc(-c6ccccc6-c6ccccc6)cc5)c4)cc3c12. The summed E-state index contributed by atoms with van der Waals surface area (Å²) in [4.78, 5) is 0. The minimum atomic E-state index is 0.811. The third kappa shape index (κ3) is 4.13. The van der Waals surface area contributed by atoms with Gasteiger partial charge >= 0.3 is 0 Å². The third-order valence-electron chi connectivity index (χ3n) is 7.42. The Bertz CT molecular complexity index is 1960. The fourth-order valence-electron chi connectivity index (χ4n) is 5.48. The fourth-order valence-corrected chi connectivity index (χ4v) is 5.48. The zero-order chi connectivity index (χ0) is 26.2. The summed E-state index contributed by atoms with van der Waals surface area (Å²) < 4.78 is 6.06. The first-order valence-electron chi connectivity index (χ1n) is 13.1. The lowest BCUT2D eigenvalue weighted by molar-refractivity contribution is 0.669. The van der Waals surface area contributed by atoms with Gasteiger partial charge in [-0.05, 0) is 68.8 Å². The Hall–Kier alpha value is -5.21. The van der Waals surface area contributed by atoms with Crippen LogP contribution in [0.2, 0.25) is 0 Å². The lowest BCUT2D eigenvalue weighted by Gasteiger charge is -2.11. The molecule has 184 valence electrons. The quantitative estimate of drug-likeness (QED) is 0.235. The molecule has 0 saturated carbocycles. The van der Waals surface area contributed by atoms with Gasteiger partial charge in [-0.2, -0.15) is 0 Å². The average molecular weight is 500 g/mol. The predicted octanol–water partition coefficient (Wildman–Crippen LogP) is 10.3. The maximum absolute atomic E-state index is 7.84. The predicted molar refractivity (Wildman–Crippen MR) is 163 cm³/mol. The van der Waals surface area contributed by atoms with Crippen LogP contribution in [-0.4, -0.2) is 6.21 Å². The molecule has 2 nitrogen and oxygen atoms in total. The molecule has 1 N–H and O–H groups in total. The molecule has 1 heterocycles. The third-order valence-corrected chi connectivity index (χ3v) is 7.42. The van der Waals surface area contributed by atoms with E-state index < -0.39 is 0 Å². The molecule has 1 aromatic heterocycles. The Labute approximate surface area is 227 Å². The minimum Gasteiger partial charge on any atom is -0.456 e. The van der Waals surface area contributed by atoms with Crippen LogP contribution in [-0.2, 0) is 0 Å². The molecule has 2 heteroatoms. The van der Waals surface area contributed by atoms with Crippen molar-refractivity contribution >= 4 is 28.2 Å². The van der Waals surface area contributed by atoms with Gasteiger partial charge in [0, 0.05) is 22.6 Å². The molecule has 0 aliphatic heterocycles. The Morgan fingerprint density at radius 2 is 1.00 bits per heavy atom. The maximum atomic E-state index is 7.84. The van der Waals surface area contributed by atoms with Crippen LogP contribution in [0, 0.1) is 5.41 Å². The maximum Gasteiger partial charge on any atom is 0.136 e. The Morgan fingerprint density at radius 1 is 0.436 bits per heavy atom. The second-order valence-electron chi connectivity index (χ2n) is 9.75. The van der Waals surface area contributed by atoms with E-state index in [9.17, 15) is 0 Å². The van der Waals surface area contributed by atoms with Crippen LogP contribution in [0.4, 0.5) is 0 Å². The topological polar surface area (TPSA) is 37.0 Å². The van der Waals surface area contributed by atoms with E-state index in [0.717, 1.165) is 38.6 Å². The molecule has 7 aromatic rings. The van der Waals surface area contributed by atoms with E-state index in [1.54, 1.807) is 0 Å². The molecule has 0 atom stereocenters. The number of hydrogen-bond donors (Lipinski definition) is 1. The van der Waals surface area contributed by atoms with Crippen molar-refractivity contribution in [2.75, 3.05) is 0 Å². The molecule has 39 heavy (non-hydrogen) atoms. The number of nitrogens with one attached hydrogen (secondary N) is 1. The Morgan fingerprint density at radius 3 is 1.74 bits per heavy atom. The lowest BCUT2D eigenvalue weighted by Crippen LogP contribution is -1.86. The van der Waals surface area contributed by atoms with Crippen LogP contribution < -0.4 is 0 Å². The van der Waals surface area contributed by atoms with Crippen molar-refractivity contribution in [3.05, 3.63) is 145 Å². The first-order chi connectivity index (χ1) is 19.3. The van der Waals surface area contributed by atoms with Crippen LogP contribution >= 0.6 is 0 Å². The Kier molecular flexibility index (Phi) is 5.64. The standard InChI is InChI=1S/C37H25NO/c38-24-31-12-7-15-36-37(31)34-23-30(20-21-35(34)39-36)29-11-6-10-28(22-29)25-16-18-27(19-17-25)33-14-5-4-13-32(33)26-8-2-1-3-9-26/h1-24,38H. The number of furan rings is 1.